The highest BCUT2D eigenvalue weighted by molar-refractivity contribution is 5.77. The van der Waals surface area contributed by atoms with Gasteiger partial charge in [0.15, 0.2) is 0 Å². The van der Waals surface area contributed by atoms with Gasteiger partial charge >= 0.3 is 0 Å². The molecule has 30 heavy (non-hydrogen) atoms. The molecule has 0 aliphatic rings. The van der Waals surface area contributed by atoms with Crippen LogP contribution in [0.15, 0.2) is 73.1 Å². The van der Waals surface area contributed by atoms with Crippen LogP contribution >= 0.6 is 0 Å². The number of halogens is 1. The second-order valence-electron chi connectivity index (χ2n) is 6.63. The third-order valence-electron chi connectivity index (χ3n) is 4.59. The van der Waals surface area contributed by atoms with Crippen molar-refractivity contribution in [3.63, 3.8) is 0 Å². The molecular weight excluding hydrogens is 379 g/mol. The molecule has 1 aromatic carbocycles. The maximum absolute atomic E-state index is 13.5. The van der Waals surface area contributed by atoms with Gasteiger partial charge in [0.1, 0.15) is 24.1 Å². The number of hydrogen-bond acceptors (Lipinski definition) is 5. The zero-order chi connectivity index (χ0) is 20.9. The predicted molar refractivity (Wildman–Crippen MR) is 111 cm³/mol. The Bertz CT molecular complexity index is 1220. The summed E-state index contributed by atoms with van der Waals surface area (Å²) in [5.74, 6) is -0.163. The van der Waals surface area contributed by atoms with Crippen LogP contribution in [0.4, 0.5) is 4.39 Å². The van der Waals surface area contributed by atoms with Crippen LogP contribution in [0, 0.1) is 24.1 Å². The first-order valence-corrected chi connectivity index (χ1v) is 9.31. The van der Waals surface area contributed by atoms with Crippen molar-refractivity contribution in [3.8, 4) is 34.5 Å². The molecule has 0 saturated carbocycles. The maximum Gasteiger partial charge on any atom is 0.233 e. The standard InChI is InChI=1S/C24H17FN4O/c1-16-5-4-12-28-23(16)22-13-20(17-7-9-18(25)10-8-17)21(14-26)24(29-22)30-15-19-6-2-3-11-27-19/h2-13H,15H2,1H3. The van der Waals surface area contributed by atoms with Gasteiger partial charge in [-0.1, -0.05) is 24.3 Å². The smallest absolute Gasteiger partial charge is 0.233 e. The number of aryl methyl sites for hydroxylation is 1. The molecule has 0 aliphatic heterocycles. The summed E-state index contributed by atoms with van der Waals surface area (Å²) in [5.41, 5.74) is 4.48. The number of nitrogens with zero attached hydrogens (tertiary/aromatic N) is 4. The van der Waals surface area contributed by atoms with Crippen LogP contribution in [0.1, 0.15) is 16.8 Å². The lowest BCUT2D eigenvalue weighted by atomic mass is 9.99. The summed E-state index contributed by atoms with van der Waals surface area (Å²) < 4.78 is 19.4. The lowest BCUT2D eigenvalue weighted by molar-refractivity contribution is 0.289. The van der Waals surface area contributed by atoms with E-state index in [0.29, 0.717) is 28.2 Å². The molecule has 0 N–H and O–H groups in total. The second kappa shape index (κ2) is 8.50. The van der Waals surface area contributed by atoms with E-state index in [4.69, 9.17) is 4.74 Å². The number of hydrogen-bond donors (Lipinski definition) is 0. The molecule has 0 amide bonds. The molecule has 0 saturated heterocycles. The number of nitriles is 1. The molecule has 0 atom stereocenters. The van der Waals surface area contributed by atoms with Crippen molar-refractivity contribution in [1.82, 2.24) is 15.0 Å². The van der Waals surface area contributed by atoms with Gasteiger partial charge in [-0.15, -0.1) is 0 Å². The van der Waals surface area contributed by atoms with Gasteiger partial charge in [0, 0.05) is 18.0 Å². The first-order valence-electron chi connectivity index (χ1n) is 9.31. The fraction of sp³-hybridized carbons (Fsp3) is 0.0833. The van der Waals surface area contributed by atoms with E-state index < -0.39 is 0 Å². The molecule has 146 valence electrons. The molecule has 4 rings (SSSR count). The van der Waals surface area contributed by atoms with E-state index in [1.165, 1.54) is 12.1 Å². The van der Waals surface area contributed by atoms with Gasteiger partial charge in [0.05, 0.1) is 17.1 Å². The van der Waals surface area contributed by atoms with E-state index in [1.807, 2.05) is 37.3 Å². The van der Waals surface area contributed by atoms with Gasteiger partial charge in [0.25, 0.3) is 0 Å². The molecule has 6 heteroatoms. The van der Waals surface area contributed by atoms with Crippen molar-refractivity contribution in [2.75, 3.05) is 0 Å². The van der Waals surface area contributed by atoms with Crippen LogP contribution in [0.25, 0.3) is 22.5 Å². The maximum atomic E-state index is 13.5. The topological polar surface area (TPSA) is 71.7 Å². The zero-order valence-electron chi connectivity index (χ0n) is 16.2. The third kappa shape index (κ3) is 4.01. The first-order chi connectivity index (χ1) is 14.7. The zero-order valence-corrected chi connectivity index (χ0v) is 16.2. The number of ether oxygens (including phenoxy) is 1. The van der Waals surface area contributed by atoms with Gasteiger partial charge < -0.3 is 4.74 Å². The summed E-state index contributed by atoms with van der Waals surface area (Å²) in [6, 6.07) is 19.2. The van der Waals surface area contributed by atoms with E-state index in [-0.39, 0.29) is 23.9 Å². The Balaban J connectivity index is 1.85. The van der Waals surface area contributed by atoms with Crippen molar-refractivity contribution in [2.45, 2.75) is 13.5 Å². The van der Waals surface area contributed by atoms with Crippen molar-refractivity contribution < 1.29 is 9.13 Å². The molecule has 0 spiro atoms. The van der Waals surface area contributed by atoms with E-state index in [1.54, 1.807) is 30.6 Å². The highest BCUT2D eigenvalue weighted by Crippen LogP contribution is 2.34. The van der Waals surface area contributed by atoms with Crippen LogP contribution in [0.2, 0.25) is 0 Å². The third-order valence-corrected chi connectivity index (χ3v) is 4.59. The summed E-state index contributed by atoms with van der Waals surface area (Å²) in [6.07, 6.45) is 3.36. The van der Waals surface area contributed by atoms with Gasteiger partial charge in [-0.25, -0.2) is 9.37 Å². The number of pyridine rings is 3. The lowest BCUT2D eigenvalue weighted by Crippen LogP contribution is -2.04. The van der Waals surface area contributed by atoms with Crippen molar-refractivity contribution in [1.29, 1.82) is 5.26 Å². The van der Waals surface area contributed by atoms with Crippen LogP contribution in [0.5, 0.6) is 5.88 Å². The lowest BCUT2D eigenvalue weighted by Gasteiger charge is -2.14. The van der Waals surface area contributed by atoms with E-state index >= 15 is 0 Å². The number of rotatable bonds is 5. The van der Waals surface area contributed by atoms with E-state index in [9.17, 15) is 9.65 Å². The Labute approximate surface area is 173 Å². The van der Waals surface area contributed by atoms with Crippen LogP contribution in [-0.4, -0.2) is 15.0 Å². The molecular formula is C24H17FN4O. The molecule has 3 heterocycles. The van der Waals surface area contributed by atoms with Gasteiger partial charge in [0.2, 0.25) is 5.88 Å². The minimum absolute atomic E-state index is 0.163. The van der Waals surface area contributed by atoms with Crippen molar-refractivity contribution in [2.24, 2.45) is 0 Å². The number of aromatic nitrogens is 3. The van der Waals surface area contributed by atoms with Gasteiger partial charge in [-0.05, 0) is 54.4 Å². The Hall–Kier alpha value is -4.11. The summed E-state index contributed by atoms with van der Waals surface area (Å²) >= 11 is 0. The average molecular weight is 396 g/mol. The van der Waals surface area contributed by atoms with Crippen LogP contribution in [0.3, 0.4) is 0 Å². The molecule has 3 aromatic heterocycles. The minimum atomic E-state index is -0.348. The van der Waals surface area contributed by atoms with Crippen LogP contribution in [-0.2, 0) is 6.61 Å². The highest BCUT2D eigenvalue weighted by atomic mass is 19.1. The summed E-state index contributed by atoms with van der Waals surface area (Å²) in [4.78, 5) is 13.3. The van der Waals surface area contributed by atoms with Gasteiger partial charge in [-0.3, -0.25) is 9.97 Å². The molecule has 0 aliphatic carbocycles. The Morgan fingerprint density at radius 2 is 1.80 bits per heavy atom. The average Bonchev–Trinajstić information content (AvgIpc) is 2.78. The van der Waals surface area contributed by atoms with Crippen molar-refractivity contribution in [3.05, 3.63) is 95.7 Å². The Morgan fingerprint density at radius 3 is 2.50 bits per heavy atom. The van der Waals surface area contributed by atoms with Gasteiger partial charge in [-0.2, -0.15) is 5.26 Å². The monoisotopic (exact) mass is 396 g/mol. The Morgan fingerprint density at radius 1 is 1.00 bits per heavy atom. The molecule has 0 fully saturated rings. The SMILES string of the molecule is Cc1cccnc1-c1cc(-c2ccc(F)cc2)c(C#N)c(OCc2ccccn2)n1. The summed E-state index contributed by atoms with van der Waals surface area (Å²) in [7, 11) is 0. The molecule has 0 unspecified atom stereocenters. The quantitative estimate of drug-likeness (QED) is 0.469. The molecule has 5 nitrogen and oxygen atoms in total. The van der Waals surface area contributed by atoms with E-state index in [0.717, 1.165) is 5.56 Å². The Kier molecular flexibility index (Phi) is 5.44. The molecule has 0 radical (unpaired) electrons. The fourth-order valence-electron chi connectivity index (χ4n) is 3.09. The summed E-state index contributed by atoms with van der Waals surface area (Å²) in [5, 5.41) is 9.85. The molecule has 0 bridgehead atoms. The largest absolute Gasteiger partial charge is 0.470 e. The van der Waals surface area contributed by atoms with E-state index in [2.05, 4.69) is 21.0 Å². The summed E-state index contributed by atoms with van der Waals surface area (Å²) in [6.45, 7) is 2.10. The molecule has 4 aromatic rings. The van der Waals surface area contributed by atoms with Crippen molar-refractivity contribution >= 4 is 0 Å². The minimum Gasteiger partial charge on any atom is -0.470 e. The number of benzene rings is 1. The normalized spacial score (nSPS) is 10.4. The first kappa shape index (κ1) is 19.2. The predicted octanol–water partition coefficient (Wildman–Crippen LogP) is 5.10. The van der Waals surface area contributed by atoms with Crippen LogP contribution < -0.4 is 4.74 Å². The highest BCUT2D eigenvalue weighted by Gasteiger charge is 2.18. The fourth-order valence-corrected chi connectivity index (χ4v) is 3.09. The second-order valence-corrected chi connectivity index (χ2v) is 6.63.